The third-order valence-corrected chi connectivity index (χ3v) is 22.8. The molecule has 0 spiro atoms. The molecule has 6 aliphatic heterocycles. The highest BCUT2D eigenvalue weighted by atomic mass is 28.4. The number of aliphatic hydroxyl groups excluding tert-OH is 1. The fraction of sp³-hybridized carbons (Fsp3) is 0.770. The Kier molecular flexibility index (Phi) is 21.2. The number of benzene rings is 2. The van der Waals surface area contributed by atoms with Crippen molar-refractivity contribution >= 4 is 26.8 Å². The highest BCUT2D eigenvalue weighted by molar-refractivity contribution is 6.99. The number of fused-ring (bicyclic) bond motifs is 2. The summed E-state index contributed by atoms with van der Waals surface area (Å²) in [6.45, 7) is 34.5. The molecule has 0 aliphatic carbocycles. The van der Waals surface area contributed by atoms with Crippen LogP contribution in [0, 0.1) is 0 Å². The summed E-state index contributed by atoms with van der Waals surface area (Å²) in [5.41, 5.74) is 0.497. The van der Waals surface area contributed by atoms with Gasteiger partial charge in [-0.3, -0.25) is 0 Å². The smallest absolute Gasteiger partial charge is 0.261 e. The van der Waals surface area contributed by atoms with Gasteiger partial charge >= 0.3 is 0 Å². The minimum Gasteiger partial charge on any atom is -0.405 e. The second kappa shape index (κ2) is 26.5. The van der Waals surface area contributed by atoms with Crippen molar-refractivity contribution in [1.82, 2.24) is 0 Å². The first-order chi connectivity index (χ1) is 38.0. The van der Waals surface area contributed by atoms with Gasteiger partial charge in [0.1, 0.15) is 81.4 Å². The van der Waals surface area contributed by atoms with Gasteiger partial charge in [0.05, 0.1) is 43.7 Å². The van der Waals surface area contributed by atoms with E-state index in [0.29, 0.717) is 37.9 Å². The Morgan fingerprint density at radius 1 is 0.605 bits per heavy atom. The molecule has 1 N–H and O–H groups in total. The van der Waals surface area contributed by atoms with E-state index in [1.165, 1.54) is 0 Å². The second-order valence-electron chi connectivity index (χ2n) is 26.8. The van der Waals surface area contributed by atoms with Crippen molar-refractivity contribution in [3.05, 3.63) is 72.8 Å². The van der Waals surface area contributed by atoms with Gasteiger partial charge in [-0.05, 0) is 95.3 Å². The highest BCUT2D eigenvalue weighted by Gasteiger charge is 2.61. The molecule has 0 radical (unpaired) electrons. The summed E-state index contributed by atoms with van der Waals surface area (Å²) in [5.74, 6) is -3.76. The lowest BCUT2D eigenvalue weighted by Crippen LogP contribution is -2.67. The van der Waals surface area contributed by atoms with E-state index in [0.717, 1.165) is 16.4 Å². The Morgan fingerprint density at radius 3 is 1.58 bits per heavy atom. The van der Waals surface area contributed by atoms with Gasteiger partial charge in [-0.1, -0.05) is 108 Å². The summed E-state index contributed by atoms with van der Waals surface area (Å²) in [6.07, 6.45) is -8.01. The third-order valence-electron chi connectivity index (χ3n) is 16.1. The van der Waals surface area contributed by atoms with Crippen LogP contribution in [0.4, 0.5) is 0 Å². The van der Waals surface area contributed by atoms with Crippen LogP contribution in [-0.4, -0.2) is 191 Å². The molecule has 6 saturated heterocycles. The summed E-state index contributed by atoms with van der Waals surface area (Å²) in [5, 5.41) is 14.6. The summed E-state index contributed by atoms with van der Waals surface area (Å²) in [4.78, 5) is 0. The van der Waals surface area contributed by atoms with E-state index in [-0.39, 0.29) is 44.7 Å². The van der Waals surface area contributed by atoms with Crippen molar-refractivity contribution in [1.29, 1.82) is 0 Å². The predicted molar refractivity (Wildman–Crippen MR) is 308 cm³/mol. The average molecular weight is 1180 g/mol. The lowest BCUT2D eigenvalue weighted by Gasteiger charge is -2.45. The van der Waals surface area contributed by atoms with Gasteiger partial charge in [-0.2, -0.15) is 0 Å². The van der Waals surface area contributed by atoms with Gasteiger partial charge in [0, 0.05) is 41.7 Å². The maximum atomic E-state index is 12.6. The van der Waals surface area contributed by atoms with Crippen LogP contribution >= 0.6 is 0 Å². The van der Waals surface area contributed by atoms with Gasteiger partial charge in [-0.25, -0.2) is 0 Å². The summed E-state index contributed by atoms with van der Waals surface area (Å²) in [6, 6.07) is 22.1. The van der Waals surface area contributed by atoms with Gasteiger partial charge < -0.3 is 85.3 Å². The molecule has 6 heterocycles. The quantitative estimate of drug-likeness (QED) is 0.0394. The highest BCUT2D eigenvalue weighted by Crippen LogP contribution is 2.47. The largest absolute Gasteiger partial charge is 0.405 e. The summed E-state index contributed by atoms with van der Waals surface area (Å²) in [7, 11) is -1.14. The fourth-order valence-corrected chi connectivity index (χ4v) is 18.0. The van der Waals surface area contributed by atoms with Crippen molar-refractivity contribution < 1.29 is 85.3 Å². The van der Waals surface area contributed by atoms with Crippen molar-refractivity contribution in [2.45, 2.75) is 247 Å². The molecule has 8 rings (SSSR count). The Bertz CT molecular complexity index is 2250. The zero-order valence-corrected chi connectivity index (χ0v) is 53.3. The van der Waals surface area contributed by atoms with E-state index in [2.05, 4.69) is 95.5 Å². The molecule has 0 saturated carbocycles. The van der Waals surface area contributed by atoms with Gasteiger partial charge in [0.25, 0.3) is 8.32 Å². The van der Waals surface area contributed by atoms with Crippen LogP contribution in [0.15, 0.2) is 72.8 Å². The topological polar surface area (TPSA) is 177 Å². The molecule has 2 aromatic rings. The van der Waals surface area contributed by atoms with Crippen molar-refractivity contribution in [3.8, 4) is 0 Å². The number of ether oxygens (including phenoxy) is 16. The van der Waals surface area contributed by atoms with Gasteiger partial charge in [0.15, 0.2) is 23.1 Å². The minimum absolute atomic E-state index is 0.00304. The molecule has 0 bridgehead atoms. The Morgan fingerprint density at radius 2 is 1.07 bits per heavy atom. The van der Waals surface area contributed by atoms with E-state index in [1.807, 2.05) is 67.5 Å². The molecule has 81 heavy (non-hydrogen) atoms. The minimum atomic E-state index is -3.01. The van der Waals surface area contributed by atoms with E-state index in [1.54, 1.807) is 14.2 Å². The Hall–Kier alpha value is -2.11. The number of methoxy groups -OCH3 is 2. The predicted octanol–water partition coefficient (Wildman–Crippen LogP) is 7.96. The van der Waals surface area contributed by atoms with E-state index in [9.17, 15) is 5.11 Å². The Balaban J connectivity index is 1.00. The lowest BCUT2D eigenvalue weighted by atomic mass is 9.87. The van der Waals surface area contributed by atoms with Gasteiger partial charge in [-0.15, -0.1) is 0 Å². The fourth-order valence-electron chi connectivity index (χ4n) is 12.7. The molecular formula is C61H98O18Si2. The maximum absolute atomic E-state index is 12.6. The van der Waals surface area contributed by atoms with Crippen LogP contribution in [0.2, 0.25) is 30.7 Å². The number of rotatable bonds is 27. The maximum Gasteiger partial charge on any atom is 0.261 e. The van der Waals surface area contributed by atoms with E-state index >= 15 is 0 Å². The number of hydrogen-bond acceptors (Lipinski definition) is 18. The van der Waals surface area contributed by atoms with Crippen LogP contribution in [0.5, 0.6) is 0 Å². The standard InChI is InChI=1S/C61H98O18Si2/c1-39(28-29-42(67-36-63-13)43-32-45-51(76-58(5,6)72-45)55(70-43)53-47(74-60(9,10)78-53)34-66-38-65-30-31-80(15,16)17)49(62)50(68-37-64-14)44-33-46-52(77-59(7,8)73-46)56(71-44)54-48(75-61(11,12)79-54)35-69-81(57(2,3)4,40-24-20-18-21-25-40)41-26-22-19-23-27-41/h18-27,42-56,62H,1,28-38H2,2-17H3/t42-,43-,44-,45-,46-,47-,48-,49-,50+,51-,52-,53+,54+,55-,56-/m1/s1. The molecule has 458 valence electrons. The van der Waals surface area contributed by atoms with Crippen molar-refractivity contribution in [2.75, 3.05) is 54.4 Å². The van der Waals surface area contributed by atoms with Crippen LogP contribution in [-0.2, 0) is 80.2 Å². The molecule has 2 aromatic carbocycles. The molecule has 6 aliphatic rings. The van der Waals surface area contributed by atoms with Crippen molar-refractivity contribution in [2.24, 2.45) is 0 Å². The van der Waals surface area contributed by atoms with Crippen LogP contribution in [0.1, 0.15) is 102 Å². The normalized spacial score (nSPS) is 32.8. The molecule has 6 fully saturated rings. The lowest BCUT2D eigenvalue weighted by molar-refractivity contribution is -0.237. The SMILES string of the molecule is C=C(CC[C@@H](OCOC)[C@H]1C[C@H]2OC(C)(C)O[C@H]2[C@H]([C@H]2OC(C)(C)O[C@@H]2COCOCC[Si](C)(C)C)O1)[C@@H](O)[C@@H](OCOC)[C@H]1C[C@H]2OC(C)(C)O[C@H]2[C@H]([C@H]2OC(C)(C)O[C@@H]2CO[Si](c2ccccc2)(c2ccccc2)C(C)(C)C)O1. The molecule has 0 aromatic heterocycles. The van der Waals surface area contributed by atoms with E-state index < -0.39 is 125 Å². The first-order valence-electron chi connectivity index (χ1n) is 29.3. The van der Waals surface area contributed by atoms with Crippen LogP contribution < -0.4 is 10.4 Å². The molecule has 0 unspecified atom stereocenters. The molecule has 18 nitrogen and oxygen atoms in total. The van der Waals surface area contributed by atoms with Gasteiger partial charge in [0.2, 0.25) is 0 Å². The molecule has 15 atom stereocenters. The average Bonchev–Trinajstić information content (AvgIpc) is 4.28. The monoisotopic (exact) mass is 1170 g/mol. The molecular weight excluding hydrogens is 1080 g/mol. The zero-order valence-electron chi connectivity index (χ0n) is 51.3. The zero-order chi connectivity index (χ0) is 58.8. The Labute approximate surface area is 484 Å². The first kappa shape index (κ1) is 64.9. The number of aliphatic hydroxyl groups is 1. The van der Waals surface area contributed by atoms with Crippen LogP contribution in [0.25, 0.3) is 0 Å². The summed E-state index contributed by atoms with van der Waals surface area (Å²) < 4.78 is 111. The van der Waals surface area contributed by atoms with Crippen molar-refractivity contribution in [3.63, 3.8) is 0 Å². The first-order valence-corrected chi connectivity index (χ1v) is 34.9. The molecule has 20 heteroatoms. The van der Waals surface area contributed by atoms with Crippen LogP contribution in [0.3, 0.4) is 0 Å². The molecule has 0 amide bonds. The number of hydrogen-bond donors (Lipinski definition) is 1. The van der Waals surface area contributed by atoms with E-state index in [4.69, 9.17) is 80.2 Å². The third kappa shape index (κ3) is 15.9. The summed E-state index contributed by atoms with van der Waals surface area (Å²) >= 11 is 0. The second-order valence-corrected chi connectivity index (χ2v) is 36.7.